The van der Waals surface area contributed by atoms with E-state index < -0.39 is 5.97 Å². The van der Waals surface area contributed by atoms with E-state index in [-0.39, 0.29) is 23.4 Å². The third-order valence-corrected chi connectivity index (χ3v) is 2.38. The zero-order valence-corrected chi connectivity index (χ0v) is 12.8. The fraction of sp³-hybridized carbons (Fsp3) is 0.714. The molecular formula is C14H23NO4. The molecule has 108 valence electrons. The first kappa shape index (κ1) is 15.7. The van der Waals surface area contributed by atoms with E-state index in [4.69, 9.17) is 13.9 Å². The predicted octanol–water partition coefficient (Wildman–Crippen LogP) is 3.07. The second-order valence-corrected chi connectivity index (χ2v) is 6.43. The van der Waals surface area contributed by atoms with Gasteiger partial charge in [-0.05, 0) is 20.8 Å². The number of oxazole rings is 1. The van der Waals surface area contributed by atoms with E-state index in [1.54, 1.807) is 0 Å². The molecule has 0 radical (unpaired) electrons. The number of carbonyl (C=O) groups is 1. The number of hydrogen-bond donors (Lipinski definition) is 0. The lowest BCUT2D eigenvalue weighted by molar-refractivity contribution is -0.0247. The summed E-state index contributed by atoms with van der Waals surface area (Å²) >= 11 is 0. The lowest BCUT2D eigenvalue weighted by Gasteiger charge is -2.18. The summed E-state index contributed by atoms with van der Waals surface area (Å²) in [5.41, 5.74) is 0.00119. The Balaban J connectivity index is 3.04. The van der Waals surface area contributed by atoms with Gasteiger partial charge in [-0.3, -0.25) is 0 Å². The summed E-state index contributed by atoms with van der Waals surface area (Å²) in [6.07, 6.45) is 0. The third-order valence-electron chi connectivity index (χ3n) is 2.38. The van der Waals surface area contributed by atoms with Gasteiger partial charge >= 0.3 is 5.97 Å². The fourth-order valence-electron chi connectivity index (χ4n) is 1.44. The van der Waals surface area contributed by atoms with E-state index in [0.717, 1.165) is 0 Å². The van der Waals surface area contributed by atoms with Gasteiger partial charge in [-0.15, -0.1) is 0 Å². The maximum absolute atomic E-state index is 11.7. The van der Waals surface area contributed by atoms with E-state index in [2.05, 4.69) is 4.98 Å². The van der Waals surface area contributed by atoms with Crippen LogP contribution in [-0.2, 0) is 21.5 Å². The fourth-order valence-corrected chi connectivity index (χ4v) is 1.44. The van der Waals surface area contributed by atoms with Crippen molar-refractivity contribution in [3.63, 3.8) is 0 Å². The Hall–Kier alpha value is -1.36. The first-order chi connectivity index (χ1) is 8.54. The molecule has 5 nitrogen and oxygen atoms in total. The van der Waals surface area contributed by atoms with Crippen LogP contribution in [0.15, 0.2) is 4.42 Å². The highest BCUT2D eigenvalue weighted by atomic mass is 16.5. The molecule has 5 heteroatoms. The van der Waals surface area contributed by atoms with E-state index in [0.29, 0.717) is 11.6 Å². The second kappa shape index (κ2) is 5.33. The number of aromatic nitrogens is 1. The number of rotatable bonds is 3. The van der Waals surface area contributed by atoms with Crippen molar-refractivity contribution >= 4 is 5.97 Å². The van der Waals surface area contributed by atoms with Crippen molar-refractivity contribution in [2.75, 3.05) is 7.11 Å². The van der Waals surface area contributed by atoms with Crippen LogP contribution in [0.25, 0.3) is 0 Å². The molecule has 1 aromatic heterocycles. The first-order valence-corrected chi connectivity index (χ1v) is 6.27. The summed E-state index contributed by atoms with van der Waals surface area (Å²) < 4.78 is 15.8. The minimum Gasteiger partial charge on any atom is -0.463 e. The molecule has 0 N–H and O–H groups in total. The molecule has 0 saturated heterocycles. The summed E-state index contributed by atoms with van der Waals surface area (Å²) in [6, 6.07) is 0. The molecule has 0 bridgehead atoms. The molecule has 0 aliphatic heterocycles. The van der Waals surface area contributed by atoms with Gasteiger partial charge in [0.2, 0.25) is 11.7 Å². The van der Waals surface area contributed by atoms with E-state index >= 15 is 0 Å². The largest absolute Gasteiger partial charge is 0.463 e. The highest BCUT2D eigenvalue weighted by Gasteiger charge is 2.29. The molecule has 0 atom stereocenters. The molecule has 0 aliphatic carbocycles. The maximum atomic E-state index is 11.7. The Labute approximate surface area is 114 Å². The third kappa shape index (κ3) is 4.35. The molecule has 0 unspecified atom stereocenters. The molecule has 0 amide bonds. The van der Waals surface area contributed by atoms with Crippen LogP contribution in [0.4, 0.5) is 0 Å². The Bertz CT molecular complexity index is 449. The zero-order chi connectivity index (χ0) is 14.8. The molecule has 0 saturated carbocycles. The number of nitrogens with zero attached hydrogens (tertiary/aromatic N) is 1. The van der Waals surface area contributed by atoms with Crippen molar-refractivity contribution in [3.8, 4) is 0 Å². The molecule has 0 spiro atoms. The van der Waals surface area contributed by atoms with Crippen molar-refractivity contribution in [3.05, 3.63) is 17.3 Å². The number of hydrogen-bond acceptors (Lipinski definition) is 5. The van der Waals surface area contributed by atoms with Crippen molar-refractivity contribution in [1.82, 2.24) is 4.98 Å². The number of methoxy groups -OCH3 is 1. The van der Waals surface area contributed by atoms with Crippen molar-refractivity contribution in [2.45, 2.75) is 59.2 Å². The monoisotopic (exact) mass is 269 g/mol. The molecule has 1 aromatic rings. The van der Waals surface area contributed by atoms with Gasteiger partial charge < -0.3 is 13.9 Å². The molecule has 0 aliphatic rings. The Kier molecular flexibility index (Phi) is 4.40. The van der Waals surface area contributed by atoms with Crippen LogP contribution in [0, 0.1) is 0 Å². The molecule has 1 rings (SSSR count). The zero-order valence-electron chi connectivity index (χ0n) is 12.8. The minimum absolute atomic E-state index is 0.155. The highest BCUT2D eigenvalue weighted by Crippen LogP contribution is 2.27. The van der Waals surface area contributed by atoms with Gasteiger partial charge in [-0.2, -0.15) is 0 Å². The van der Waals surface area contributed by atoms with Crippen molar-refractivity contribution in [2.24, 2.45) is 0 Å². The van der Waals surface area contributed by atoms with Crippen LogP contribution in [0.1, 0.15) is 63.7 Å². The SMILES string of the molecule is COC(=O)c1oc(COC(C)(C)C)nc1C(C)(C)C. The van der Waals surface area contributed by atoms with Crippen LogP contribution in [-0.4, -0.2) is 23.7 Å². The van der Waals surface area contributed by atoms with Crippen LogP contribution < -0.4 is 0 Å². The molecular weight excluding hydrogens is 246 g/mol. The standard InChI is InChI=1S/C14H23NO4/c1-13(2,3)11-10(12(16)17-7)19-9(15-11)8-18-14(4,5)6/h8H2,1-7H3. The van der Waals surface area contributed by atoms with Crippen molar-refractivity contribution in [1.29, 1.82) is 0 Å². The quantitative estimate of drug-likeness (QED) is 0.789. The van der Waals surface area contributed by atoms with Crippen LogP contribution >= 0.6 is 0 Å². The van der Waals surface area contributed by atoms with Gasteiger partial charge in [0.1, 0.15) is 6.61 Å². The lowest BCUT2D eigenvalue weighted by Crippen LogP contribution is -2.19. The minimum atomic E-state index is -0.514. The molecule has 0 fully saturated rings. The van der Waals surface area contributed by atoms with E-state index in [1.165, 1.54) is 7.11 Å². The van der Waals surface area contributed by atoms with E-state index in [1.807, 2.05) is 41.5 Å². The Morgan fingerprint density at radius 1 is 1.21 bits per heavy atom. The number of ether oxygens (including phenoxy) is 2. The van der Waals surface area contributed by atoms with Gasteiger partial charge in [-0.25, -0.2) is 9.78 Å². The maximum Gasteiger partial charge on any atom is 0.376 e. The molecule has 1 heterocycles. The normalized spacial score (nSPS) is 12.6. The molecule has 19 heavy (non-hydrogen) atoms. The first-order valence-electron chi connectivity index (χ1n) is 6.27. The van der Waals surface area contributed by atoms with Crippen LogP contribution in [0.2, 0.25) is 0 Å². The van der Waals surface area contributed by atoms with E-state index in [9.17, 15) is 4.79 Å². The molecule has 0 aromatic carbocycles. The summed E-state index contributed by atoms with van der Waals surface area (Å²) in [6.45, 7) is 12.0. The highest BCUT2D eigenvalue weighted by molar-refractivity contribution is 5.87. The van der Waals surface area contributed by atoms with Gasteiger partial charge in [-0.1, -0.05) is 20.8 Å². The number of carbonyl (C=O) groups excluding carboxylic acids is 1. The topological polar surface area (TPSA) is 61.6 Å². The predicted molar refractivity (Wildman–Crippen MR) is 71.1 cm³/mol. The van der Waals surface area contributed by atoms with Crippen LogP contribution in [0.3, 0.4) is 0 Å². The summed E-state index contributed by atoms with van der Waals surface area (Å²) in [7, 11) is 1.32. The Morgan fingerprint density at radius 2 is 1.79 bits per heavy atom. The summed E-state index contributed by atoms with van der Waals surface area (Å²) in [4.78, 5) is 16.1. The average Bonchev–Trinajstić information content (AvgIpc) is 2.68. The van der Waals surface area contributed by atoms with Gasteiger partial charge in [0.15, 0.2) is 0 Å². The van der Waals surface area contributed by atoms with Gasteiger partial charge in [0, 0.05) is 5.41 Å². The van der Waals surface area contributed by atoms with Gasteiger partial charge in [0.25, 0.3) is 0 Å². The summed E-state index contributed by atoms with van der Waals surface area (Å²) in [5, 5.41) is 0. The van der Waals surface area contributed by atoms with Gasteiger partial charge in [0.05, 0.1) is 18.4 Å². The smallest absolute Gasteiger partial charge is 0.376 e. The Morgan fingerprint density at radius 3 is 2.21 bits per heavy atom. The van der Waals surface area contributed by atoms with Crippen molar-refractivity contribution < 1.29 is 18.7 Å². The second-order valence-electron chi connectivity index (χ2n) is 6.43. The average molecular weight is 269 g/mol. The lowest BCUT2D eigenvalue weighted by atomic mass is 9.91. The number of esters is 1. The van der Waals surface area contributed by atoms with Crippen LogP contribution in [0.5, 0.6) is 0 Å². The summed E-state index contributed by atoms with van der Waals surface area (Å²) in [5.74, 6) is 0.0298.